The van der Waals surface area contributed by atoms with Gasteiger partial charge in [-0.05, 0) is 64.7 Å². The molecule has 1 aromatic rings. The normalized spacial score (nSPS) is 20.9. The van der Waals surface area contributed by atoms with Crippen molar-refractivity contribution in [3.8, 4) is 0 Å². The molecule has 1 atom stereocenters. The predicted octanol–water partition coefficient (Wildman–Crippen LogP) is 2.87. The Balaban J connectivity index is 0.000000230. The fourth-order valence-corrected chi connectivity index (χ4v) is 1.66. The van der Waals surface area contributed by atoms with Gasteiger partial charge >= 0.3 is 17.1 Å². The molecule has 0 saturated heterocycles. The van der Waals surface area contributed by atoms with Crippen molar-refractivity contribution in [1.82, 2.24) is 9.55 Å². The van der Waals surface area contributed by atoms with Crippen LogP contribution in [-0.2, 0) is 17.1 Å². The second-order valence-electron chi connectivity index (χ2n) is 3.87. The molecule has 2 fully saturated rings. The Hall–Kier alpha value is -0.271. The second kappa shape index (κ2) is 8.77. The summed E-state index contributed by atoms with van der Waals surface area (Å²) in [6, 6.07) is 0.391. The van der Waals surface area contributed by atoms with Crippen molar-refractivity contribution >= 4 is 0 Å². The summed E-state index contributed by atoms with van der Waals surface area (Å²) in [4.78, 5) is 4.02. The molecule has 0 aromatic carbocycles. The van der Waals surface area contributed by atoms with Crippen LogP contribution in [0.15, 0.2) is 18.7 Å². The molecule has 3 heteroatoms. The number of hydrogen-bond acceptors (Lipinski definition) is 1. The topological polar surface area (TPSA) is 17.8 Å². The maximum atomic E-state index is 4.02. The summed E-state index contributed by atoms with van der Waals surface area (Å²) in [7, 11) is 0. The van der Waals surface area contributed by atoms with Crippen LogP contribution >= 0.6 is 0 Å². The monoisotopic (exact) mass is 280 g/mol. The zero-order valence-corrected chi connectivity index (χ0v) is 11.4. The van der Waals surface area contributed by atoms with E-state index in [0.29, 0.717) is 6.04 Å². The molecule has 1 unspecified atom stereocenters. The third-order valence-corrected chi connectivity index (χ3v) is 2.70. The van der Waals surface area contributed by atoms with Crippen LogP contribution in [0.3, 0.4) is 0 Å². The van der Waals surface area contributed by atoms with Gasteiger partial charge in [0, 0.05) is 24.4 Å². The van der Waals surface area contributed by atoms with Crippen LogP contribution in [0.1, 0.15) is 13.0 Å². The van der Waals surface area contributed by atoms with Gasteiger partial charge in [0.2, 0.25) is 0 Å². The number of nitrogens with zero attached hydrogens (tertiary/aromatic N) is 2. The van der Waals surface area contributed by atoms with Gasteiger partial charge in [-0.1, -0.05) is 0 Å². The summed E-state index contributed by atoms with van der Waals surface area (Å²) >= 11 is 0. The van der Waals surface area contributed by atoms with E-state index in [0.717, 1.165) is 0 Å². The van der Waals surface area contributed by atoms with Crippen LogP contribution in [0.25, 0.3) is 0 Å². The van der Waals surface area contributed by atoms with E-state index in [1.54, 1.807) is 6.20 Å². The van der Waals surface area contributed by atoms with Gasteiger partial charge in [0.05, 0.1) is 6.33 Å². The van der Waals surface area contributed by atoms with E-state index in [2.05, 4.69) is 42.2 Å². The van der Waals surface area contributed by atoms with Crippen LogP contribution in [0.4, 0.5) is 0 Å². The molecular weight excluding hydrogens is 264 g/mol. The molecule has 0 aliphatic heterocycles. The Labute approximate surface area is 122 Å². The second-order valence-corrected chi connectivity index (χ2v) is 3.87. The van der Waals surface area contributed by atoms with Crippen molar-refractivity contribution in [2.24, 2.45) is 0 Å². The molecule has 0 bridgehead atoms. The van der Waals surface area contributed by atoms with Crippen molar-refractivity contribution < 1.29 is 17.1 Å². The Morgan fingerprint density at radius 2 is 1.50 bits per heavy atom. The molecular formula is C15H16FeN2+2. The Morgan fingerprint density at radius 1 is 0.944 bits per heavy atom. The van der Waals surface area contributed by atoms with Crippen LogP contribution < -0.4 is 0 Å². The maximum absolute atomic E-state index is 4.02. The molecule has 2 saturated carbocycles. The number of imidazole rings is 1. The van der Waals surface area contributed by atoms with Gasteiger partial charge in [-0.15, -0.1) is 0 Å². The predicted molar refractivity (Wildman–Crippen MR) is 68.9 cm³/mol. The molecule has 3 rings (SSSR count). The molecule has 2 aliphatic carbocycles. The molecule has 1 heterocycles. The smallest absolute Gasteiger partial charge is 0.334 e. The van der Waals surface area contributed by atoms with Gasteiger partial charge < -0.3 is 4.57 Å². The summed E-state index contributed by atoms with van der Waals surface area (Å²) in [5.41, 5.74) is 0. The first kappa shape index (κ1) is 15.8. The van der Waals surface area contributed by atoms with Gasteiger partial charge in [0.1, 0.15) is 0 Å². The number of aromatic nitrogens is 2. The summed E-state index contributed by atoms with van der Waals surface area (Å²) in [6.07, 6.45) is 24.0. The molecule has 2 aliphatic rings. The van der Waals surface area contributed by atoms with Gasteiger partial charge in [-0.25, -0.2) is 4.98 Å². The molecule has 0 amide bonds. The molecule has 92 valence electrons. The number of hydrogen-bond donors (Lipinski definition) is 0. The van der Waals surface area contributed by atoms with E-state index in [-0.39, 0.29) is 17.1 Å². The average Bonchev–Trinajstić information content (AvgIpc) is 3.11. The quantitative estimate of drug-likeness (QED) is 0.762. The number of rotatable bonds is 2. The zero-order valence-electron chi connectivity index (χ0n) is 10.3. The minimum absolute atomic E-state index is 0. The summed E-state index contributed by atoms with van der Waals surface area (Å²) in [5, 5.41) is 0. The van der Waals surface area contributed by atoms with Gasteiger partial charge in [-0.3, -0.25) is 0 Å². The van der Waals surface area contributed by atoms with E-state index >= 15 is 0 Å². The molecule has 1 aromatic heterocycles. The largest absolute Gasteiger partial charge is 2.00 e. The fraction of sp³-hybridized carbons (Fsp3) is 0.133. The SMILES string of the molecule is CC([C]1[CH][CH][CH][CH]1)n1ccnc1.[CH]1[CH][CH][CH][CH]1.[Fe+2]. The van der Waals surface area contributed by atoms with Crippen LogP contribution in [0.5, 0.6) is 0 Å². The first-order valence-electron chi connectivity index (χ1n) is 5.73. The van der Waals surface area contributed by atoms with Gasteiger partial charge in [-0.2, -0.15) is 0 Å². The van der Waals surface area contributed by atoms with Crippen molar-refractivity contribution in [3.63, 3.8) is 0 Å². The van der Waals surface area contributed by atoms with Gasteiger partial charge in [0.25, 0.3) is 0 Å². The minimum Gasteiger partial charge on any atom is -0.334 e. The zero-order chi connectivity index (χ0) is 11.9. The molecule has 2 nitrogen and oxygen atoms in total. The Bertz CT molecular complexity index is 280. The Morgan fingerprint density at radius 3 is 1.94 bits per heavy atom. The van der Waals surface area contributed by atoms with Crippen molar-refractivity contribution in [3.05, 3.63) is 82.4 Å². The van der Waals surface area contributed by atoms with Crippen LogP contribution in [0, 0.1) is 63.7 Å². The maximum Gasteiger partial charge on any atom is 2.00 e. The van der Waals surface area contributed by atoms with E-state index < -0.39 is 0 Å². The third-order valence-electron chi connectivity index (χ3n) is 2.70. The molecule has 10 radical (unpaired) electrons. The van der Waals surface area contributed by atoms with Crippen molar-refractivity contribution in [2.45, 2.75) is 13.0 Å². The molecule has 0 N–H and O–H groups in total. The van der Waals surface area contributed by atoms with Crippen LogP contribution in [0.2, 0.25) is 0 Å². The summed E-state index contributed by atoms with van der Waals surface area (Å²) < 4.78 is 2.09. The molecule has 18 heavy (non-hydrogen) atoms. The first-order chi connectivity index (χ1) is 8.38. The van der Waals surface area contributed by atoms with Gasteiger partial charge in [0.15, 0.2) is 0 Å². The fourth-order valence-electron chi connectivity index (χ4n) is 1.66. The van der Waals surface area contributed by atoms with Crippen LogP contribution in [-0.4, -0.2) is 9.55 Å². The first-order valence-corrected chi connectivity index (χ1v) is 5.73. The Kier molecular flexibility index (Phi) is 7.69. The molecule has 0 spiro atoms. The van der Waals surface area contributed by atoms with Crippen molar-refractivity contribution in [2.75, 3.05) is 0 Å². The standard InChI is InChI=1S/C10H11N2.C5H5.Fe/c1-9(10-4-2-3-5-10)12-7-6-11-8-12;1-2-4-5-3-1;/h2-9H,1H3;1-5H;/q;;+2. The van der Waals surface area contributed by atoms with E-state index in [4.69, 9.17) is 0 Å². The van der Waals surface area contributed by atoms with Crippen molar-refractivity contribution in [1.29, 1.82) is 0 Å². The van der Waals surface area contributed by atoms with E-state index in [9.17, 15) is 0 Å². The minimum atomic E-state index is 0. The summed E-state index contributed by atoms with van der Waals surface area (Å²) in [5.74, 6) is 1.33. The third kappa shape index (κ3) is 4.78. The van der Waals surface area contributed by atoms with E-state index in [1.807, 2.05) is 44.6 Å². The average molecular weight is 280 g/mol. The van der Waals surface area contributed by atoms with E-state index in [1.165, 1.54) is 5.92 Å². The summed E-state index contributed by atoms with van der Waals surface area (Å²) in [6.45, 7) is 2.16.